The number of hydrogen-bond donors (Lipinski definition) is 1. The van der Waals surface area contributed by atoms with Crippen molar-refractivity contribution in [1.29, 1.82) is 0 Å². The molecule has 2 aliphatic rings. The largest absolute Gasteiger partial charge is 0.486 e. The molecule has 0 saturated carbocycles. The van der Waals surface area contributed by atoms with Crippen molar-refractivity contribution in [3.05, 3.63) is 40.1 Å². The molecule has 1 amide bonds. The normalized spacial score (nSPS) is 18.7. The van der Waals surface area contributed by atoms with Gasteiger partial charge in [-0.2, -0.15) is 0 Å². The van der Waals surface area contributed by atoms with Crippen molar-refractivity contribution in [3.8, 4) is 11.5 Å². The van der Waals surface area contributed by atoms with Gasteiger partial charge in [-0.25, -0.2) is 0 Å². The van der Waals surface area contributed by atoms with Gasteiger partial charge in [-0.05, 0) is 50.6 Å². The van der Waals surface area contributed by atoms with E-state index < -0.39 is 0 Å². The number of thiophene rings is 1. The zero-order valence-corrected chi connectivity index (χ0v) is 15.8. The van der Waals surface area contributed by atoms with Crippen molar-refractivity contribution in [2.24, 2.45) is 0 Å². The maximum absolute atomic E-state index is 13.1. The van der Waals surface area contributed by atoms with Crippen LogP contribution in [0.2, 0.25) is 0 Å². The molecule has 1 atom stereocenters. The number of carbonyl (C=O) groups is 1. The zero-order valence-electron chi connectivity index (χ0n) is 15.0. The Balaban J connectivity index is 1.59. The van der Waals surface area contributed by atoms with E-state index in [0.29, 0.717) is 31.9 Å². The number of fused-ring (bicyclic) bond motifs is 1. The number of nitrogens with zero attached hydrogens (tertiary/aromatic N) is 1. The number of hydrogen-bond acceptors (Lipinski definition) is 5. The lowest BCUT2D eigenvalue weighted by molar-refractivity contribution is -0.119. The second-order valence-corrected chi connectivity index (χ2v) is 8.19. The van der Waals surface area contributed by atoms with Crippen molar-refractivity contribution in [3.63, 3.8) is 0 Å². The first-order valence-corrected chi connectivity index (χ1v) is 9.99. The van der Waals surface area contributed by atoms with Crippen LogP contribution in [0.1, 0.15) is 29.0 Å². The summed E-state index contributed by atoms with van der Waals surface area (Å²) in [6, 6.07) is 10.3. The molecule has 138 valence electrons. The summed E-state index contributed by atoms with van der Waals surface area (Å²) in [6.07, 6.45) is 2.74. The van der Waals surface area contributed by atoms with E-state index >= 15 is 0 Å². The van der Waals surface area contributed by atoms with Gasteiger partial charge in [0.05, 0.1) is 6.54 Å². The molecule has 1 aromatic carbocycles. The molecular weight excluding hydrogens is 348 g/mol. The third kappa shape index (κ3) is 3.86. The van der Waals surface area contributed by atoms with Crippen LogP contribution in [0.25, 0.3) is 0 Å². The summed E-state index contributed by atoms with van der Waals surface area (Å²) in [5, 5.41) is 3.42. The lowest BCUT2D eigenvalue weighted by Gasteiger charge is -2.26. The Morgan fingerprint density at radius 2 is 2.08 bits per heavy atom. The standard InChI is InChI=1S/C20H24N2O3S/c1-14-4-6-17(26-14)13-22(20(23)11-15-3-2-8-21-15)16-5-7-18-19(12-16)25-10-9-24-18/h4-7,12,15,21H,2-3,8-11,13H2,1H3. The molecule has 1 N–H and O–H groups in total. The predicted molar refractivity (Wildman–Crippen MR) is 103 cm³/mol. The van der Waals surface area contributed by atoms with Gasteiger partial charge in [0.15, 0.2) is 11.5 Å². The summed E-state index contributed by atoms with van der Waals surface area (Å²) in [7, 11) is 0. The van der Waals surface area contributed by atoms with Gasteiger partial charge in [-0.3, -0.25) is 4.79 Å². The number of rotatable bonds is 5. The fourth-order valence-corrected chi connectivity index (χ4v) is 4.38. The van der Waals surface area contributed by atoms with Crippen molar-refractivity contribution in [2.45, 2.75) is 38.8 Å². The number of aryl methyl sites for hydroxylation is 1. The highest BCUT2D eigenvalue weighted by Crippen LogP contribution is 2.35. The predicted octanol–water partition coefficient (Wildman–Crippen LogP) is 3.50. The lowest BCUT2D eigenvalue weighted by Crippen LogP contribution is -2.35. The second kappa shape index (κ2) is 7.68. The van der Waals surface area contributed by atoms with Crippen molar-refractivity contribution in [1.82, 2.24) is 5.32 Å². The molecule has 2 aromatic rings. The van der Waals surface area contributed by atoms with Gasteiger partial charge in [-0.15, -0.1) is 11.3 Å². The van der Waals surface area contributed by atoms with Crippen LogP contribution in [-0.2, 0) is 11.3 Å². The molecule has 0 radical (unpaired) electrons. The smallest absolute Gasteiger partial charge is 0.228 e. The van der Waals surface area contributed by atoms with Crippen LogP contribution in [-0.4, -0.2) is 31.7 Å². The quantitative estimate of drug-likeness (QED) is 0.873. The first-order valence-electron chi connectivity index (χ1n) is 9.18. The molecular formula is C20H24N2O3S. The van der Waals surface area contributed by atoms with E-state index in [-0.39, 0.29) is 11.9 Å². The second-order valence-electron chi connectivity index (χ2n) is 6.82. The van der Waals surface area contributed by atoms with Gasteiger partial charge in [0.25, 0.3) is 0 Å². The van der Waals surface area contributed by atoms with Crippen LogP contribution in [0.4, 0.5) is 5.69 Å². The van der Waals surface area contributed by atoms with E-state index in [0.717, 1.165) is 30.8 Å². The summed E-state index contributed by atoms with van der Waals surface area (Å²) >= 11 is 1.73. The third-order valence-corrected chi connectivity index (χ3v) is 5.82. The first kappa shape index (κ1) is 17.4. The van der Waals surface area contributed by atoms with Gasteiger partial charge in [0.1, 0.15) is 13.2 Å². The summed E-state index contributed by atoms with van der Waals surface area (Å²) in [6.45, 7) is 4.79. The fourth-order valence-electron chi connectivity index (χ4n) is 3.50. The van der Waals surface area contributed by atoms with Crippen molar-refractivity contribution >= 4 is 22.9 Å². The monoisotopic (exact) mass is 372 g/mol. The molecule has 1 saturated heterocycles. The topological polar surface area (TPSA) is 50.8 Å². The average Bonchev–Trinajstić information content (AvgIpc) is 3.31. The molecule has 5 nitrogen and oxygen atoms in total. The highest BCUT2D eigenvalue weighted by atomic mass is 32.1. The Hall–Kier alpha value is -2.05. The Bertz CT molecular complexity index is 783. The molecule has 1 aromatic heterocycles. The molecule has 3 heterocycles. The summed E-state index contributed by atoms with van der Waals surface area (Å²) in [4.78, 5) is 17.4. The van der Waals surface area contributed by atoms with Gasteiger partial charge in [0.2, 0.25) is 5.91 Å². The number of anilines is 1. The van der Waals surface area contributed by atoms with Gasteiger partial charge < -0.3 is 19.7 Å². The Kier molecular flexibility index (Phi) is 5.13. The Labute approximate surface area is 157 Å². The molecule has 1 unspecified atom stereocenters. The first-order chi connectivity index (χ1) is 12.7. The SMILES string of the molecule is Cc1ccc(CN(C(=O)CC2CCCN2)c2ccc3c(c2)OCCO3)s1. The molecule has 0 aliphatic carbocycles. The summed E-state index contributed by atoms with van der Waals surface area (Å²) in [5.74, 6) is 1.61. The minimum absolute atomic E-state index is 0.145. The number of carbonyl (C=O) groups excluding carboxylic acids is 1. The number of ether oxygens (including phenoxy) is 2. The van der Waals surface area contributed by atoms with Gasteiger partial charge in [-0.1, -0.05) is 0 Å². The van der Waals surface area contributed by atoms with E-state index in [4.69, 9.17) is 9.47 Å². The van der Waals surface area contributed by atoms with E-state index in [9.17, 15) is 4.79 Å². The number of benzene rings is 1. The lowest BCUT2D eigenvalue weighted by atomic mass is 10.1. The maximum Gasteiger partial charge on any atom is 0.228 e. The molecule has 6 heteroatoms. The summed E-state index contributed by atoms with van der Waals surface area (Å²) < 4.78 is 11.3. The van der Waals surface area contributed by atoms with Crippen molar-refractivity contribution < 1.29 is 14.3 Å². The molecule has 1 fully saturated rings. The highest BCUT2D eigenvalue weighted by Gasteiger charge is 2.24. The Morgan fingerprint density at radius 3 is 2.81 bits per heavy atom. The molecule has 0 bridgehead atoms. The average molecular weight is 372 g/mol. The zero-order chi connectivity index (χ0) is 17.9. The van der Waals surface area contributed by atoms with Crippen LogP contribution < -0.4 is 19.7 Å². The minimum atomic E-state index is 0.145. The van der Waals surface area contributed by atoms with Crippen LogP contribution in [0.3, 0.4) is 0 Å². The van der Waals surface area contributed by atoms with E-state index in [1.807, 2.05) is 23.1 Å². The highest BCUT2D eigenvalue weighted by molar-refractivity contribution is 7.11. The van der Waals surface area contributed by atoms with E-state index in [1.54, 1.807) is 11.3 Å². The van der Waals surface area contributed by atoms with E-state index in [1.165, 1.54) is 9.75 Å². The number of amides is 1. The molecule has 26 heavy (non-hydrogen) atoms. The van der Waals surface area contributed by atoms with Crippen LogP contribution in [0.5, 0.6) is 11.5 Å². The number of nitrogens with one attached hydrogen (secondary N) is 1. The van der Waals surface area contributed by atoms with Crippen LogP contribution in [0, 0.1) is 6.92 Å². The van der Waals surface area contributed by atoms with E-state index in [2.05, 4.69) is 24.4 Å². The molecule has 2 aliphatic heterocycles. The fraction of sp³-hybridized carbons (Fsp3) is 0.450. The minimum Gasteiger partial charge on any atom is -0.486 e. The van der Waals surface area contributed by atoms with Crippen LogP contribution in [0.15, 0.2) is 30.3 Å². The Morgan fingerprint density at radius 1 is 1.23 bits per heavy atom. The van der Waals surface area contributed by atoms with Crippen LogP contribution >= 0.6 is 11.3 Å². The third-order valence-electron chi connectivity index (χ3n) is 4.83. The van der Waals surface area contributed by atoms with Gasteiger partial charge >= 0.3 is 0 Å². The summed E-state index contributed by atoms with van der Waals surface area (Å²) in [5.41, 5.74) is 0.864. The molecule has 4 rings (SSSR count). The maximum atomic E-state index is 13.1. The van der Waals surface area contributed by atoms with Gasteiger partial charge in [0, 0.05) is 34.0 Å². The van der Waals surface area contributed by atoms with Crippen molar-refractivity contribution in [2.75, 3.05) is 24.7 Å². The molecule has 0 spiro atoms.